The van der Waals surface area contributed by atoms with Crippen molar-refractivity contribution in [3.8, 4) is 0 Å². The van der Waals surface area contributed by atoms with E-state index >= 15 is 0 Å². The number of amides is 1. The van der Waals surface area contributed by atoms with Crippen molar-refractivity contribution >= 4 is 5.91 Å². The largest absolute Gasteiger partial charge is 0.358 e. The Hall–Kier alpha value is -0.570. The van der Waals surface area contributed by atoms with Crippen molar-refractivity contribution in [1.82, 2.24) is 4.90 Å². The highest BCUT2D eigenvalue weighted by Gasteiger charge is 2.37. The normalized spacial score (nSPS) is 32.6. The molecule has 0 spiro atoms. The van der Waals surface area contributed by atoms with Gasteiger partial charge in [-0.05, 0) is 12.8 Å². The Labute approximate surface area is 60.0 Å². The topological polar surface area (TPSA) is 29.5 Å². The number of β-lactam (4-membered cyclic amide) rings is 1. The van der Waals surface area contributed by atoms with Crippen LogP contribution in [0.1, 0.15) is 19.3 Å². The molecular weight excluding hydrogens is 130 g/mol. The molecule has 2 heterocycles. The lowest BCUT2D eigenvalue weighted by Gasteiger charge is -2.37. The number of rotatable bonds is 0. The van der Waals surface area contributed by atoms with Crippen LogP contribution in [0.2, 0.25) is 0 Å². The minimum Gasteiger partial charge on any atom is -0.358 e. The molecule has 3 nitrogen and oxygen atoms in total. The lowest BCUT2D eigenvalue weighted by atomic mass is 10.1. The van der Waals surface area contributed by atoms with E-state index < -0.39 is 0 Å². The van der Waals surface area contributed by atoms with Gasteiger partial charge in [0, 0.05) is 13.2 Å². The molecule has 10 heavy (non-hydrogen) atoms. The molecule has 0 aliphatic carbocycles. The first-order chi connectivity index (χ1) is 4.88. The molecule has 2 saturated heterocycles. The Kier molecular flexibility index (Phi) is 1.38. The molecule has 2 aliphatic rings. The fourth-order valence-corrected chi connectivity index (χ4v) is 1.45. The Morgan fingerprint density at radius 1 is 1.50 bits per heavy atom. The van der Waals surface area contributed by atoms with E-state index in [4.69, 9.17) is 4.74 Å². The average molecular weight is 141 g/mol. The lowest BCUT2D eigenvalue weighted by Crippen LogP contribution is -2.53. The molecule has 0 aromatic rings. The molecule has 0 saturated carbocycles. The highest BCUT2D eigenvalue weighted by Crippen LogP contribution is 2.23. The number of carbonyl (C=O) groups is 1. The fourth-order valence-electron chi connectivity index (χ4n) is 1.45. The summed E-state index contributed by atoms with van der Waals surface area (Å²) in [5.74, 6) is 0.256. The molecular formula is C7H11NO2. The summed E-state index contributed by atoms with van der Waals surface area (Å²) in [6.45, 7) is 1.73. The minimum absolute atomic E-state index is 0.134. The number of hydrogen-bond donors (Lipinski definition) is 0. The number of carbonyl (C=O) groups excluding carboxylic acids is 1. The van der Waals surface area contributed by atoms with Crippen LogP contribution in [0.4, 0.5) is 0 Å². The Bertz CT molecular complexity index is 158. The van der Waals surface area contributed by atoms with Gasteiger partial charge in [-0.1, -0.05) is 0 Å². The highest BCUT2D eigenvalue weighted by atomic mass is 16.5. The van der Waals surface area contributed by atoms with E-state index in [-0.39, 0.29) is 12.1 Å². The molecule has 1 atom stereocenters. The van der Waals surface area contributed by atoms with Crippen LogP contribution in [0.3, 0.4) is 0 Å². The van der Waals surface area contributed by atoms with Crippen LogP contribution in [0.15, 0.2) is 0 Å². The summed E-state index contributed by atoms with van der Waals surface area (Å²) in [6, 6.07) is 0. The maximum Gasteiger partial charge on any atom is 0.229 e. The Balaban J connectivity index is 1.99. The first kappa shape index (κ1) is 6.16. The monoisotopic (exact) mass is 141 g/mol. The summed E-state index contributed by atoms with van der Waals surface area (Å²) in [6.07, 6.45) is 2.94. The van der Waals surface area contributed by atoms with Crippen LogP contribution < -0.4 is 0 Å². The van der Waals surface area contributed by atoms with Crippen molar-refractivity contribution in [3.05, 3.63) is 0 Å². The van der Waals surface area contributed by atoms with Gasteiger partial charge in [0.05, 0.1) is 6.42 Å². The van der Waals surface area contributed by atoms with Crippen molar-refractivity contribution in [3.63, 3.8) is 0 Å². The smallest absolute Gasteiger partial charge is 0.229 e. The molecule has 1 amide bonds. The first-order valence-electron chi connectivity index (χ1n) is 3.79. The number of hydrogen-bond acceptors (Lipinski definition) is 2. The Morgan fingerprint density at radius 2 is 2.40 bits per heavy atom. The summed E-state index contributed by atoms with van der Waals surface area (Å²) in [4.78, 5) is 12.7. The zero-order valence-corrected chi connectivity index (χ0v) is 5.88. The fraction of sp³-hybridized carbons (Fsp3) is 0.857. The van der Waals surface area contributed by atoms with Gasteiger partial charge in [-0.2, -0.15) is 0 Å². The van der Waals surface area contributed by atoms with E-state index in [0.717, 1.165) is 26.0 Å². The molecule has 2 rings (SSSR count). The van der Waals surface area contributed by atoms with E-state index in [1.54, 1.807) is 0 Å². The summed E-state index contributed by atoms with van der Waals surface area (Å²) in [5.41, 5.74) is 0. The molecule has 0 radical (unpaired) electrons. The van der Waals surface area contributed by atoms with Crippen molar-refractivity contribution in [1.29, 1.82) is 0 Å². The number of fused-ring (bicyclic) bond motifs is 1. The van der Waals surface area contributed by atoms with E-state index in [1.165, 1.54) is 0 Å². The maximum atomic E-state index is 10.9. The molecule has 0 aromatic carbocycles. The molecule has 0 N–H and O–H groups in total. The zero-order chi connectivity index (χ0) is 6.97. The molecule has 0 bridgehead atoms. The van der Waals surface area contributed by atoms with Crippen molar-refractivity contribution < 1.29 is 9.53 Å². The second-order valence-electron chi connectivity index (χ2n) is 2.82. The average Bonchev–Trinajstić information content (AvgIpc) is 2.09. The summed E-state index contributed by atoms with van der Waals surface area (Å²) >= 11 is 0. The highest BCUT2D eigenvalue weighted by molar-refractivity contribution is 5.82. The van der Waals surface area contributed by atoms with Crippen LogP contribution in [0.5, 0.6) is 0 Å². The van der Waals surface area contributed by atoms with Gasteiger partial charge in [-0.3, -0.25) is 4.79 Å². The molecule has 2 aliphatic heterocycles. The third-order valence-electron chi connectivity index (χ3n) is 2.12. The predicted octanol–water partition coefficient (Wildman–Crippen LogP) is 0.355. The van der Waals surface area contributed by atoms with Gasteiger partial charge in [-0.25, -0.2) is 0 Å². The molecule has 1 unspecified atom stereocenters. The van der Waals surface area contributed by atoms with Gasteiger partial charge in [-0.15, -0.1) is 0 Å². The third-order valence-corrected chi connectivity index (χ3v) is 2.12. The molecule has 2 fully saturated rings. The second kappa shape index (κ2) is 2.23. The van der Waals surface area contributed by atoms with Crippen LogP contribution >= 0.6 is 0 Å². The van der Waals surface area contributed by atoms with E-state index in [1.807, 2.05) is 4.90 Å². The van der Waals surface area contributed by atoms with Crippen molar-refractivity contribution in [2.24, 2.45) is 0 Å². The van der Waals surface area contributed by atoms with Crippen LogP contribution in [-0.4, -0.2) is 30.2 Å². The summed E-state index contributed by atoms with van der Waals surface area (Å²) in [7, 11) is 0. The van der Waals surface area contributed by atoms with Gasteiger partial charge in [0.1, 0.15) is 6.23 Å². The van der Waals surface area contributed by atoms with Crippen molar-refractivity contribution in [2.45, 2.75) is 25.5 Å². The van der Waals surface area contributed by atoms with Gasteiger partial charge in [0.15, 0.2) is 0 Å². The van der Waals surface area contributed by atoms with Gasteiger partial charge < -0.3 is 9.64 Å². The zero-order valence-electron chi connectivity index (χ0n) is 5.88. The Morgan fingerprint density at radius 3 is 3.20 bits per heavy atom. The second-order valence-corrected chi connectivity index (χ2v) is 2.82. The van der Waals surface area contributed by atoms with E-state index in [2.05, 4.69) is 0 Å². The standard InChI is InChI=1S/C7H11NO2/c9-6-5-7-8(6)3-1-2-4-10-7/h7H,1-5H2. The van der Waals surface area contributed by atoms with Crippen molar-refractivity contribution in [2.75, 3.05) is 13.2 Å². The van der Waals surface area contributed by atoms with Crippen LogP contribution in [0.25, 0.3) is 0 Å². The lowest BCUT2D eigenvalue weighted by molar-refractivity contribution is -0.169. The summed E-state index contributed by atoms with van der Waals surface area (Å²) < 4.78 is 5.38. The number of ether oxygens (including phenoxy) is 1. The van der Waals surface area contributed by atoms with Gasteiger partial charge in [0.2, 0.25) is 5.91 Å². The van der Waals surface area contributed by atoms with Crippen LogP contribution in [0, 0.1) is 0 Å². The van der Waals surface area contributed by atoms with Gasteiger partial charge >= 0.3 is 0 Å². The van der Waals surface area contributed by atoms with Crippen LogP contribution in [-0.2, 0) is 9.53 Å². The maximum absolute atomic E-state index is 10.9. The van der Waals surface area contributed by atoms with E-state index in [0.29, 0.717) is 6.42 Å². The number of nitrogens with zero attached hydrogens (tertiary/aromatic N) is 1. The third kappa shape index (κ3) is 0.814. The molecule has 0 aromatic heterocycles. The SMILES string of the molecule is O=C1CC2OCCCCN12. The summed E-state index contributed by atoms with van der Waals surface area (Å²) in [5, 5.41) is 0. The molecule has 3 heteroatoms. The first-order valence-corrected chi connectivity index (χ1v) is 3.79. The predicted molar refractivity (Wildman–Crippen MR) is 35.3 cm³/mol. The molecule has 56 valence electrons. The quantitative estimate of drug-likeness (QED) is 0.456. The van der Waals surface area contributed by atoms with E-state index in [9.17, 15) is 4.79 Å². The van der Waals surface area contributed by atoms with Gasteiger partial charge in [0.25, 0.3) is 0 Å². The minimum atomic E-state index is 0.134.